The van der Waals surface area contributed by atoms with E-state index in [1.165, 1.54) is 0 Å². The zero-order valence-electron chi connectivity index (χ0n) is 24.3. The van der Waals surface area contributed by atoms with Gasteiger partial charge in [-0.1, -0.05) is 75.6 Å². The quantitative estimate of drug-likeness (QED) is 0.232. The number of carbonyl (C=O) groups excluding carboxylic acids is 1. The molecule has 1 aliphatic carbocycles. The fraction of sp³-hybridized carbons (Fsp3) is 0.606. The van der Waals surface area contributed by atoms with Gasteiger partial charge in [0.25, 0.3) is 0 Å². The van der Waals surface area contributed by atoms with Crippen LogP contribution in [-0.2, 0) is 19.6 Å². The van der Waals surface area contributed by atoms with E-state index in [0.717, 1.165) is 34.4 Å². The highest BCUT2D eigenvalue weighted by molar-refractivity contribution is 7.90. The molecule has 0 saturated heterocycles. The van der Waals surface area contributed by atoms with Crippen LogP contribution >= 0.6 is 11.3 Å². The molecule has 0 radical (unpaired) electrons. The number of para-hydroxylation sites is 2. The highest BCUT2D eigenvalue weighted by Crippen LogP contribution is 2.32. The second-order valence-corrected chi connectivity index (χ2v) is 13.6. The van der Waals surface area contributed by atoms with Crippen molar-refractivity contribution in [1.82, 2.24) is 14.7 Å². The van der Waals surface area contributed by atoms with Crippen LogP contribution in [0.4, 0.5) is 0 Å². The van der Waals surface area contributed by atoms with Crippen LogP contribution in [0.2, 0.25) is 0 Å². The molecule has 0 aliphatic heterocycles. The van der Waals surface area contributed by atoms with E-state index in [1.807, 2.05) is 97.2 Å². The van der Waals surface area contributed by atoms with Gasteiger partial charge in [0.15, 0.2) is 0 Å². The molecule has 248 valence electrons. The summed E-state index contributed by atoms with van der Waals surface area (Å²) in [7, 11) is -2.94. The maximum Gasteiger partial charge on any atom is 0.308 e. The summed E-state index contributed by atoms with van der Waals surface area (Å²) in [5.74, 6) is 0.936. The predicted molar refractivity (Wildman–Crippen MR) is 186 cm³/mol. The fourth-order valence-corrected chi connectivity index (χ4v) is 5.39. The van der Waals surface area contributed by atoms with Gasteiger partial charge in [-0.2, -0.15) is 0 Å². The van der Waals surface area contributed by atoms with Gasteiger partial charge in [-0.3, -0.25) is 4.79 Å². The van der Waals surface area contributed by atoms with E-state index in [2.05, 4.69) is 9.71 Å². The number of rotatable bonds is 9. The summed E-state index contributed by atoms with van der Waals surface area (Å²) >= 11 is 1.64. The van der Waals surface area contributed by atoms with Crippen LogP contribution in [0.5, 0.6) is 5.88 Å². The van der Waals surface area contributed by atoms with Crippen molar-refractivity contribution in [1.29, 1.82) is 0 Å². The van der Waals surface area contributed by atoms with Gasteiger partial charge in [0, 0.05) is 6.04 Å². The number of hydrogen-bond donors (Lipinski definition) is 1. The molecule has 3 aromatic rings. The number of thiophene rings is 1. The van der Waals surface area contributed by atoms with Gasteiger partial charge in [0.1, 0.15) is 5.69 Å². The molecule has 2 aromatic heterocycles. The van der Waals surface area contributed by atoms with Gasteiger partial charge in [-0.15, -0.1) is 11.3 Å². The lowest BCUT2D eigenvalue weighted by molar-refractivity contribution is -0.148. The Kier molecular flexibility index (Phi) is 22.1. The normalized spacial score (nSPS) is 12.0. The summed E-state index contributed by atoms with van der Waals surface area (Å²) in [6.45, 7) is 15.9. The number of aromatic nitrogens is 2. The van der Waals surface area contributed by atoms with E-state index >= 15 is 0 Å². The lowest BCUT2D eigenvalue weighted by Crippen LogP contribution is -2.32. The molecule has 0 amide bonds. The second kappa shape index (κ2) is 21.2. The summed E-state index contributed by atoms with van der Waals surface area (Å²) in [6, 6.07) is 11.9. The first-order valence-corrected chi connectivity index (χ1v) is 15.9. The van der Waals surface area contributed by atoms with Crippen molar-refractivity contribution in [3.8, 4) is 16.5 Å². The second-order valence-electron chi connectivity index (χ2n) is 10.7. The average Bonchev–Trinajstić information content (AvgIpc) is 3.58. The summed E-state index contributed by atoms with van der Waals surface area (Å²) in [5.41, 5.74) is 2.57. The maximum atomic E-state index is 11.1. The summed E-state index contributed by atoms with van der Waals surface area (Å²) in [5, 5.41) is 1.95. The maximum absolute atomic E-state index is 11.1. The molecule has 1 saturated carbocycles. The number of carbonyl (C=O) groups is 1. The molecule has 10 heteroatoms. The van der Waals surface area contributed by atoms with E-state index in [4.69, 9.17) is 14.5 Å². The van der Waals surface area contributed by atoms with Crippen LogP contribution in [0.15, 0.2) is 41.8 Å². The van der Waals surface area contributed by atoms with E-state index in [-0.39, 0.29) is 59.0 Å². The molecule has 0 spiro atoms. The molecular formula is C33H59N3O5S2. The molecule has 1 fully saturated rings. The number of sulfonamides is 1. The van der Waals surface area contributed by atoms with Gasteiger partial charge < -0.3 is 9.47 Å². The van der Waals surface area contributed by atoms with Crippen LogP contribution in [0.3, 0.4) is 0 Å². The minimum Gasteiger partial charge on any atom is -0.473 e. The minimum atomic E-state index is -2.94. The van der Waals surface area contributed by atoms with Crippen LogP contribution in [0, 0.1) is 11.8 Å². The molecular weight excluding hydrogens is 583 g/mol. The number of ether oxygens (including phenoxy) is 2. The zero-order chi connectivity index (χ0) is 29.2. The van der Waals surface area contributed by atoms with Crippen LogP contribution < -0.4 is 9.46 Å². The summed E-state index contributed by atoms with van der Waals surface area (Å²) < 4.78 is 35.5. The van der Waals surface area contributed by atoms with Gasteiger partial charge in [-0.25, -0.2) is 23.1 Å². The molecule has 1 aliphatic rings. The summed E-state index contributed by atoms with van der Waals surface area (Å²) in [4.78, 5) is 21.2. The third-order valence-electron chi connectivity index (χ3n) is 5.03. The number of benzene rings is 1. The Bertz CT molecular complexity index is 1270. The van der Waals surface area contributed by atoms with E-state index < -0.39 is 10.0 Å². The lowest BCUT2D eigenvalue weighted by Gasteiger charge is -2.12. The molecule has 1 N–H and O–H groups in total. The van der Waals surface area contributed by atoms with Crippen molar-refractivity contribution in [2.45, 2.75) is 115 Å². The molecule has 0 unspecified atom stereocenters. The van der Waals surface area contributed by atoms with Crippen molar-refractivity contribution >= 4 is 38.4 Å². The van der Waals surface area contributed by atoms with Gasteiger partial charge in [0.2, 0.25) is 15.9 Å². The van der Waals surface area contributed by atoms with Crippen molar-refractivity contribution in [3.63, 3.8) is 0 Å². The first-order valence-electron chi connectivity index (χ1n) is 13.4. The topological polar surface area (TPSA) is 107 Å². The Hall–Kier alpha value is -2.56. The van der Waals surface area contributed by atoms with Crippen LogP contribution in [-0.4, -0.2) is 48.4 Å². The fourth-order valence-electron chi connectivity index (χ4n) is 3.08. The van der Waals surface area contributed by atoms with Gasteiger partial charge in [0.05, 0.1) is 39.8 Å². The van der Waals surface area contributed by atoms with Gasteiger partial charge >= 0.3 is 5.97 Å². The lowest BCUT2D eigenvalue weighted by atomic mass is 10.2. The van der Waals surface area contributed by atoms with Crippen LogP contribution in [0.1, 0.15) is 97.9 Å². The van der Waals surface area contributed by atoms with E-state index in [0.29, 0.717) is 18.4 Å². The predicted octanol–water partition coefficient (Wildman–Crippen LogP) is 9.01. The molecule has 0 atom stereocenters. The Balaban J connectivity index is -0.000000580. The van der Waals surface area contributed by atoms with E-state index in [1.54, 1.807) is 11.3 Å². The Morgan fingerprint density at radius 3 is 1.88 bits per heavy atom. The smallest absolute Gasteiger partial charge is 0.308 e. The Morgan fingerprint density at radius 1 is 0.907 bits per heavy atom. The number of nitrogens with one attached hydrogen (secondary N) is 1. The number of fused-ring (bicyclic) bond motifs is 1. The number of nitrogens with zero attached hydrogens (tertiary/aromatic N) is 2. The largest absolute Gasteiger partial charge is 0.473 e. The molecule has 2 heterocycles. The Labute approximate surface area is 267 Å². The van der Waals surface area contributed by atoms with E-state index in [9.17, 15) is 13.2 Å². The monoisotopic (exact) mass is 641 g/mol. The highest BCUT2D eigenvalue weighted by atomic mass is 32.2. The molecule has 0 bridgehead atoms. The highest BCUT2D eigenvalue weighted by Gasteiger charge is 2.35. The first kappa shape index (κ1) is 44.9. The zero-order valence-corrected chi connectivity index (χ0v) is 25.9. The SMILES string of the molecule is C.C.C.C.CC(C)COC(=O)C(C)C.CC(C)NS(=O)(=O)C1CC1.CC(C)Oc1nc2ccccc2nc1-c1cccs1. The number of esters is 1. The minimum absolute atomic E-state index is 0. The average molecular weight is 642 g/mol. The third-order valence-corrected chi connectivity index (χ3v) is 8.06. The van der Waals surface area contributed by atoms with Crippen molar-refractivity contribution in [2.24, 2.45) is 11.8 Å². The summed E-state index contributed by atoms with van der Waals surface area (Å²) in [6.07, 6.45) is 1.75. The van der Waals surface area contributed by atoms with Crippen LogP contribution in [0.25, 0.3) is 21.6 Å². The molecule has 1 aromatic carbocycles. The number of hydrogen-bond acceptors (Lipinski definition) is 8. The van der Waals surface area contributed by atoms with Crippen molar-refractivity contribution in [2.75, 3.05) is 6.61 Å². The van der Waals surface area contributed by atoms with Crippen molar-refractivity contribution in [3.05, 3.63) is 41.8 Å². The third kappa shape index (κ3) is 16.2. The molecule has 43 heavy (non-hydrogen) atoms. The molecule has 8 nitrogen and oxygen atoms in total. The molecule has 4 rings (SSSR count). The standard InChI is InChI=1S/C15H14N2OS.C8H16O2.C6H13NO2S.4CH4/c1-10(2)18-15-14(13-8-5-9-19-13)16-11-6-3-4-7-12(11)17-15;1-6(2)5-10-8(9)7(3)4;1-5(2)7-10(8,9)6-3-4-6;;;;/h3-10H,1-2H3;6-7H,5H2,1-4H3;5-7H,3-4H2,1-2H3;4*1H4. The van der Waals surface area contributed by atoms with Gasteiger partial charge in [-0.05, 0) is 70.0 Å². The Morgan fingerprint density at radius 2 is 1.47 bits per heavy atom. The first-order chi connectivity index (χ1) is 18.3. The van der Waals surface area contributed by atoms with Crippen molar-refractivity contribution < 1.29 is 22.7 Å².